The highest BCUT2D eigenvalue weighted by Gasteiger charge is 2.30. The standard InChI is InChI=1S/C19H18F3N3O/c20-19(21,22)16-8-3-5-14(11-16)12-23-24-18(26)13-25-10-4-7-15-6-1-2-9-17(15)25/h1-3,5-6,8-9,11-12H,4,7,10,13H2,(H,24,26)/b23-12-. The van der Waals surface area contributed by atoms with Crippen molar-refractivity contribution >= 4 is 17.8 Å². The molecule has 0 fully saturated rings. The van der Waals surface area contributed by atoms with Gasteiger partial charge in [-0.05, 0) is 42.2 Å². The summed E-state index contributed by atoms with van der Waals surface area (Å²) in [5.41, 5.74) is 4.14. The first-order valence-electron chi connectivity index (χ1n) is 8.25. The molecular formula is C19H18F3N3O. The maximum Gasteiger partial charge on any atom is 0.416 e. The number of carbonyl (C=O) groups is 1. The van der Waals surface area contributed by atoms with Gasteiger partial charge in [-0.25, -0.2) is 5.43 Å². The van der Waals surface area contributed by atoms with E-state index in [9.17, 15) is 18.0 Å². The molecule has 0 radical (unpaired) electrons. The molecule has 2 aromatic carbocycles. The molecule has 4 nitrogen and oxygen atoms in total. The first-order valence-corrected chi connectivity index (χ1v) is 8.25. The Morgan fingerprint density at radius 1 is 1.19 bits per heavy atom. The fourth-order valence-electron chi connectivity index (χ4n) is 2.96. The van der Waals surface area contributed by atoms with Crippen LogP contribution in [0.2, 0.25) is 0 Å². The van der Waals surface area contributed by atoms with Crippen molar-refractivity contribution < 1.29 is 18.0 Å². The average molecular weight is 361 g/mol. The van der Waals surface area contributed by atoms with Crippen LogP contribution in [-0.2, 0) is 17.4 Å². The number of benzene rings is 2. The summed E-state index contributed by atoms with van der Waals surface area (Å²) in [5.74, 6) is -0.315. The molecular weight excluding hydrogens is 343 g/mol. The van der Waals surface area contributed by atoms with Gasteiger partial charge in [0.1, 0.15) is 0 Å². The lowest BCUT2D eigenvalue weighted by molar-refractivity contribution is -0.137. The molecule has 1 N–H and O–H groups in total. The van der Waals surface area contributed by atoms with Crippen LogP contribution in [0.25, 0.3) is 0 Å². The highest BCUT2D eigenvalue weighted by molar-refractivity contribution is 5.85. The minimum atomic E-state index is -4.41. The van der Waals surface area contributed by atoms with E-state index in [1.165, 1.54) is 23.9 Å². The van der Waals surface area contributed by atoms with Gasteiger partial charge in [0.25, 0.3) is 5.91 Å². The maximum atomic E-state index is 12.7. The molecule has 0 bridgehead atoms. The van der Waals surface area contributed by atoms with Crippen molar-refractivity contribution in [3.8, 4) is 0 Å². The van der Waals surface area contributed by atoms with Crippen molar-refractivity contribution in [1.29, 1.82) is 0 Å². The number of carbonyl (C=O) groups excluding carboxylic acids is 1. The van der Waals surface area contributed by atoms with Crippen LogP contribution in [0.5, 0.6) is 0 Å². The third-order valence-electron chi connectivity index (χ3n) is 4.16. The van der Waals surface area contributed by atoms with Crippen molar-refractivity contribution in [2.45, 2.75) is 19.0 Å². The smallest absolute Gasteiger partial charge is 0.362 e. The minimum absolute atomic E-state index is 0.150. The van der Waals surface area contributed by atoms with E-state index < -0.39 is 11.7 Å². The number of fused-ring (bicyclic) bond motifs is 1. The van der Waals surface area contributed by atoms with Gasteiger partial charge in [-0.2, -0.15) is 18.3 Å². The zero-order valence-electron chi connectivity index (χ0n) is 14.0. The van der Waals surface area contributed by atoms with Crippen LogP contribution >= 0.6 is 0 Å². The van der Waals surface area contributed by atoms with Crippen molar-refractivity contribution in [2.24, 2.45) is 5.10 Å². The third-order valence-corrected chi connectivity index (χ3v) is 4.16. The molecule has 3 rings (SSSR count). The number of hydrogen-bond acceptors (Lipinski definition) is 3. The Morgan fingerprint density at radius 3 is 2.81 bits per heavy atom. The summed E-state index contributed by atoms with van der Waals surface area (Å²) in [6.45, 7) is 0.929. The highest BCUT2D eigenvalue weighted by Crippen LogP contribution is 2.29. The summed E-state index contributed by atoms with van der Waals surface area (Å²) in [4.78, 5) is 14.1. The van der Waals surface area contributed by atoms with Crippen molar-refractivity contribution in [3.63, 3.8) is 0 Å². The Labute approximate surface area is 149 Å². The molecule has 0 aromatic heterocycles. The zero-order chi connectivity index (χ0) is 18.6. The summed E-state index contributed by atoms with van der Waals surface area (Å²) in [6, 6.07) is 12.7. The number of nitrogens with one attached hydrogen (secondary N) is 1. The Hall–Kier alpha value is -2.83. The third kappa shape index (κ3) is 4.41. The average Bonchev–Trinajstić information content (AvgIpc) is 2.62. The van der Waals surface area contributed by atoms with E-state index in [2.05, 4.69) is 10.5 Å². The van der Waals surface area contributed by atoms with E-state index in [0.717, 1.165) is 37.2 Å². The van der Waals surface area contributed by atoms with Crippen LogP contribution in [-0.4, -0.2) is 25.2 Å². The van der Waals surface area contributed by atoms with Crippen molar-refractivity contribution in [2.75, 3.05) is 18.0 Å². The van der Waals surface area contributed by atoms with Gasteiger partial charge in [0.15, 0.2) is 0 Å². The predicted molar refractivity (Wildman–Crippen MR) is 94.2 cm³/mol. The Bertz CT molecular complexity index is 818. The second-order valence-corrected chi connectivity index (χ2v) is 6.07. The van der Waals surface area contributed by atoms with Crippen LogP contribution in [0.15, 0.2) is 53.6 Å². The number of para-hydroxylation sites is 1. The minimum Gasteiger partial charge on any atom is -0.362 e. The number of anilines is 1. The van der Waals surface area contributed by atoms with Gasteiger partial charge < -0.3 is 4.90 Å². The molecule has 0 saturated carbocycles. The summed E-state index contributed by atoms with van der Waals surface area (Å²) in [6.07, 6.45) is -1.24. The van der Waals surface area contributed by atoms with Crippen LogP contribution in [0, 0.1) is 0 Å². The lowest BCUT2D eigenvalue weighted by Gasteiger charge is -2.30. The quantitative estimate of drug-likeness (QED) is 0.668. The molecule has 7 heteroatoms. The fourth-order valence-corrected chi connectivity index (χ4v) is 2.96. The predicted octanol–water partition coefficient (Wildman–Crippen LogP) is 3.61. The second-order valence-electron chi connectivity index (χ2n) is 6.07. The molecule has 1 aliphatic rings. The molecule has 2 aromatic rings. The topological polar surface area (TPSA) is 44.7 Å². The van der Waals surface area contributed by atoms with E-state index in [4.69, 9.17) is 0 Å². The summed E-state index contributed by atoms with van der Waals surface area (Å²) >= 11 is 0. The van der Waals surface area contributed by atoms with E-state index in [1.54, 1.807) is 0 Å². The number of nitrogens with zero attached hydrogens (tertiary/aromatic N) is 2. The number of amides is 1. The Morgan fingerprint density at radius 2 is 2.00 bits per heavy atom. The molecule has 1 aliphatic heterocycles. The van der Waals surface area contributed by atoms with E-state index in [1.807, 2.05) is 29.2 Å². The van der Waals surface area contributed by atoms with E-state index >= 15 is 0 Å². The van der Waals surface area contributed by atoms with Gasteiger partial charge in [0.05, 0.1) is 18.3 Å². The summed E-state index contributed by atoms with van der Waals surface area (Å²) in [5, 5.41) is 3.77. The van der Waals surface area contributed by atoms with Crippen molar-refractivity contribution in [3.05, 3.63) is 65.2 Å². The normalized spacial score (nSPS) is 14.3. The van der Waals surface area contributed by atoms with Gasteiger partial charge in [-0.1, -0.05) is 30.3 Å². The number of rotatable bonds is 4. The monoisotopic (exact) mass is 361 g/mol. The first-order chi connectivity index (χ1) is 12.4. The number of hydrazone groups is 1. The largest absolute Gasteiger partial charge is 0.416 e. The van der Waals surface area contributed by atoms with Crippen LogP contribution in [0.1, 0.15) is 23.1 Å². The number of alkyl halides is 3. The lowest BCUT2D eigenvalue weighted by Crippen LogP contribution is -2.38. The van der Waals surface area contributed by atoms with Crippen LogP contribution in [0.4, 0.5) is 18.9 Å². The summed E-state index contributed by atoms with van der Waals surface area (Å²) in [7, 11) is 0. The van der Waals surface area contributed by atoms with Gasteiger partial charge in [0.2, 0.25) is 0 Å². The van der Waals surface area contributed by atoms with Crippen LogP contribution in [0.3, 0.4) is 0 Å². The summed E-state index contributed by atoms with van der Waals surface area (Å²) < 4.78 is 38.0. The van der Waals surface area contributed by atoms with Crippen LogP contribution < -0.4 is 10.3 Å². The number of aryl methyl sites for hydroxylation is 1. The first kappa shape index (κ1) is 18.0. The Balaban J connectivity index is 1.59. The van der Waals surface area contributed by atoms with E-state index in [0.29, 0.717) is 0 Å². The molecule has 136 valence electrons. The molecule has 0 spiro atoms. The lowest BCUT2D eigenvalue weighted by atomic mass is 10.0. The molecule has 1 heterocycles. The molecule has 26 heavy (non-hydrogen) atoms. The number of hydrogen-bond donors (Lipinski definition) is 1. The van der Waals surface area contributed by atoms with Crippen molar-refractivity contribution in [1.82, 2.24) is 5.43 Å². The van der Waals surface area contributed by atoms with Gasteiger partial charge in [-0.3, -0.25) is 4.79 Å². The second kappa shape index (κ2) is 7.59. The van der Waals surface area contributed by atoms with Gasteiger partial charge in [-0.15, -0.1) is 0 Å². The zero-order valence-corrected chi connectivity index (χ0v) is 14.0. The molecule has 1 amide bonds. The molecule has 0 aliphatic carbocycles. The highest BCUT2D eigenvalue weighted by atomic mass is 19.4. The van der Waals surface area contributed by atoms with E-state index in [-0.39, 0.29) is 18.0 Å². The molecule has 0 unspecified atom stereocenters. The molecule has 0 saturated heterocycles. The SMILES string of the molecule is O=C(CN1CCCc2ccccc21)N/N=C\c1cccc(C(F)(F)F)c1. The molecule has 0 atom stereocenters. The van der Waals surface area contributed by atoms with Gasteiger partial charge in [0, 0.05) is 12.2 Å². The Kier molecular flexibility index (Phi) is 5.25. The fraction of sp³-hybridized carbons (Fsp3) is 0.263. The number of halogens is 3. The maximum absolute atomic E-state index is 12.7. The van der Waals surface area contributed by atoms with Gasteiger partial charge >= 0.3 is 6.18 Å².